The fourth-order valence-corrected chi connectivity index (χ4v) is 12.8. The first-order valence-corrected chi connectivity index (χ1v) is 17.2. The molecule has 5 fully saturated rings. The molecule has 1 N–H and O–H groups in total. The minimum atomic E-state index is -0.309. The van der Waals surface area contributed by atoms with Gasteiger partial charge in [0.2, 0.25) is 5.91 Å². The number of carbonyl (C=O) groups is 2. The molecule has 0 radical (unpaired) electrons. The van der Waals surface area contributed by atoms with Gasteiger partial charge in [-0.2, -0.15) is 0 Å². The maximum absolute atomic E-state index is 14.3. The minimum absolute atomic E-state index is 0.00839. The van der Waals surface area contributed by atoms with Gasteiger partial charge in [0, 0.05) is 18.5 Å². The lowest BCUT2D eigenvalue weighted by atomic mass is 9.32. The highest BCUT2D eigenvalue weighted by atomic mass is 16.5. The second kappa shape index (κ2) is 10.4. The maximum atomic E-state index is 14.3. The van der Waals surface area contributed by atoms with Gasteiger partial charge >= 0.3 is 5.97 Å². The number of carbonyl (C=O) groups excluding carboxylic acids is 2. The van der Waals surface area contributed by atoms with Gasteiger partial charge in [-0.05, 0) is 129 Å². The number of aromatic nitrogens is 1. The third-order valence-electron chi connectivity index (χ3n) is 14.9. The molecule has 5 nitrogen and oxygen atoms in total. The average molecular weight is 589 g/mol. The van der Waals surface area contributed by atoms with E-state index < -0.39 is 0 Å². The second-order valence-electron chi connectivity index (χ2n) is 16.8. The molecule has 5 aliphatic carbocycles. The quantitative estimate of drug-likeness (QED) is 0.278. The topological polar surface area (TPSA) is 68.3 Å². The van der Waals surface area contributed by atoms with Crippen molar-refractivity contribution in [2.45, 2.75) is 125 Å². The fraction of sp³-hybridized carbons (Fsp3) is 0.763. The predicted molar refractivity (Wildman–Crippen MR) is 171 cm³/mol. The van der Waals surface area contributed by atoms with Crippen LogP contribution in [0.15, 0.2) is 36.5 Å². The molecule has 5 heteroatoms. The summed E-state index contributed by atoms with van der Waals surface area (Å²) in [5.74, 6) is 2.59. The van der Waals surface area contributed by atoms with Gasteiger partial charge in [-0.3, -0.25) is 14.6 Å². The SMILES string of the molecule is C=C(C)[C@@H]1CCC2(C(=O)NCc3ccccn3)CC[C@]3(C)[C@H](CCC4[C@@]5(C)CC[C@H](OC(C)=O)C(C)(C)C5CC[C@]43C)C12. The van der Waals surface area contributed by atoms with Gasteiger partial charge in [0.25, 0.3) is 0 Å². The van der Waals surface area contributed by atoms with Crippen LogP contribution in [0.4, 0.5) is 0 Å². The molecular formula is C38H56N2O3. The van der Waals surface area contributed by atoms with Gasteiger partial charge < -0.3 is 10.1 Å². The Morgan fingerprint density at radius 2 is 1.67 bits per heavy atom. The van der Waals surface area contributed by atoms with Gasteiger partial charge in [-0.1, -0.05) is 52.8 Å². The summed E-state index contributed by atoms with van der Waals surface area (Å²) in [6.07, 6.45) is 12.9. The summed E-state index contributed by atoms with van der Waals surface area (Å²) in [6, 6.07) is 5.92. The minimum Gasteiger partial charge on any atom is -0.462 e. The number of esters is 1. The van der Waals surface area contributed by atoms with Gasteiger partial charge in [0.1, 0.15) is 6.10 Å². The molecule has 1 aromatic rings. The zero-order chi connectivity index (χ0) is 31.0. The van der Waals surface area contributed by atoms with E-state index in [1.165, 1.54) is 31.3 Å². The van der Waals surface area contributed by atoms with Crippen LogP contribution in [-0.4, -0.2) is 23.0 Å². The summed E-state index contributed by atoms with van der Waals surface area (Å²) in [4.78, 5) is 30.8. The van der Waals surface area contributed by atoms with Gasteiger partial charge in [0.05, 0.1) is 17.7 Å². The molecule has 4 unspecified atom stereocenters. The van der Waals surface area contributed by atoms with Crippen molar-refractivity contribution in [1.82, 2.24) is 10.3 Å². The van der Waals surface area contributed by atoms with Crippen LogP contribution < -0.4 is 5.32 Å². The summed E-state index contributed by atoms with van der Waals surface area (Å²) >= 11 is 0. The first kappa shape index (κ1) is 30.8. The Bertz CT molecular complexity index is 1270. The van der Waals surface area contributed by atoms with E-state index in [1.54, 1.807) is 13.1 Å². The molecule has 43 heavy (non-hydrogen) atoms. The first-order valence-electron chi connectivity index (χ1n) is 17.2. The molecular weight excluding hydrogens is 532 g/mol. The van der Waals surface area contributed by atoms with Crippen molar-refractivity contribution in [3.8, 4) is 0 Å². The molecule has 1 amide bonds. The zero-order valence-corrected chi connectivity index (χ0v) is 27.9. The zero-order valence-electron chi connectivity index (χ0n) is 27.9. The predicted octanol–water partition coefficient (Wildman–Crippen LogP) is 8.29. The number of amides is 1. The smallest absolute Gasteiger partial charge is 0.302 e. The molecule has 0 aliphatic heterocycles. The van der Waals surface area contributed by atoms with Crippen molar-refractivity contribution in [3.05, 3.63) is 42.2 Å². The van der Waals surface area contributed by atoms with E-state index in [9.17, 15) is 9.59 Å². The molecule has 5 aliphatic rings. The Morgan fingerprint density at radius 3 is 2.35 bits per heavy atom. The number of ether oxygens (including phenoxy) is 1. The number of allylic oxidation sites excluding steroid dienone is 1. The Balaban J connectivity index is 1.31. The number of rotatable bonds is 5. The molecule has 0 bridgehead atoms. The molecule has 6 rings (SSSR count). The number of pyridine rings is 1. The highest BCUT2D eigenvalue weighted by molar-refractivity contribution is 5.83. The molecule has 1 heterocycles. The van der Waals surface area contributed by atoms with E-state index in [0.717, 1.165) is 44.2 Å². The van der Waals surface area contributed by atoms with Gasteiger partial charge in [0.15, 0.2) is 0 Å². The molecule has 0 saturated heterocycles. The summed E-state index contributed by atoms with van der Waals surface area (Å²) in [5, 5.41) is 3.37. The van der Waals surface area contributed by atoms with E-state index >= 15 is 0 Å². The fourth-order valence-electron chi connectivity index (χ4n) is 12.8. The van der Waals surface area contributed by atoms with Crippen LogP contribution in [0.1, 0.15) is 118 Å². The first-order chi connectivity index (χ1) is 20.2. The third kappa shape index (κ3) is 4.40. The summed E-state index contributed by atoms with van der Waals surface area (Å²) in [5.41, 5.74) is 2.50. The Hall–Kier alpha value is -2.17. The van der Waals surface area contributed by atoms with Crippen LogP contribution in [0.2, 0.25) is 0 Å². The highest BCUT2D eigenvalue weighted by Crippen LogP contribution is 2.77. The van der Waals surface area contributed by atoms with E-state index in [4.69, 9.17) is 4.74 Å². The number of hydrogen-bond donors (Lipinski definition) is 1. The van der Waals surface area contributed by atoms with Crippen molar-refractivity contribution in [1.29, 1.82) is 0 Å². The van der Waals surface area contributed by atoms with Crippen LogP contribution in [0.5, 0.6) is 0 Å². The maximum Gasteiger partial charge on any atom is 0.302 e. The Labute approximate surface area is 260 Å². The summed E-state index contributed by atoms with van der Waals surface area (Å²) in [6.45, 7) is 21.4. The van der Waals surface area contributed by atoms with Crippen LogP contribution in [0, 0.1) is 56.7 Å². The number of nitrogens with zero attached hydrogens (tertiary/aromatic N) is 1. The van der Waals surface area contributed by atoms with Crippen molar-refractivity contribution in [3.63, 3.8) is 0 Å². The van der Waals surface area contributed by atoms with Gasteiger partial charge in [-0.15, -0.1) is 0 Å². The lowest BCUT2D eigenvalue weighted by Crippen LogP contribution is -2.67. The van der Waals surface area contributed by atoms with Crippen molar-refractivity contribution in [2.24, 2.45) is 56.7 Å². The summed E-state index contributed by atoms with van der Waals surface area (Å²) < 4.78 is 5.94. The molecule has 5 saturated carbocycles. The van der Waals surface area contributed by atoms with Crippen LogP contribution in [0.25, 0.3) is 0 Å². The van der Waals surface area contributed by atoms with Crippen LogP contribution >= 0.6 is 0 Å². The van der Waals surface area contributed by atoms with E-state index in [-0.39, 0.29) is 45.1 Å². The van der Waals surface area contributed by atoms with Crippen molar-refractivity contribution >= 4 is 11.9 Å². The Morgan fingerprint density at radius 1 is 0.907 bits per heavy atom. The number of hydrogen-bond acceptors (Lipinski definition) is 4. The van der Waals surface area contributed by atoms with Crippen LogP contribution in [-0.2, 0) is 20.9 Å². The molecule has 10 atom stereocenters. The average Bonchev–Trinajstić information content (AvgIpc) is 3.35. The van der Waals surface area contributed by atoms with E-state index in [2.05, 4.69) is 58.4 Å². The van der Waals surface area contributed by atoms with Crippen LogP contribution in [0.3, 0.4) is 0 Å². The molecule has 0 spiro atoms. The second-order valence-corrected chi connectivity index (χ2v) is 16.8. The molecule has 1 aromatic heterocycles. The highest BCUT2D eigenvalue weighted by Gasteiger charge is 2.72. The monoisotopic (exact) mass is 588 g/mol. The number of nitrogens with one attached hydrogen (secondary N) is 1. The van der Waals surface area contributed by atoms with Gasteiger partial charge in [-0.25, -0.2) is 0 Å². The van der Waals surface area contributed by atoms with Crippen molar-refractivity contribution < 1.29 is 14.3 Å². The normalized spacial score (nSPS) is 44.6. The van der Waals surface area contributed by atoms with E-state index in [0.29, 0.717) is 36.1 Å². The number of fused-ring (bicyclic) bond motifs is 7. The standard InChI is InChI=1S/C38H56N2O3/c1-24(2)27-14-19-38(33(42)40-23-26-11-9-10-22-39-26)21-20-36(7)28(32(27)38)12-13-30-35(6)17-16-31(43-25(3)41)34(4,5)29(35)15-18-37(30,36)8/h9-11,22,27-32H,1,12-21,23H2,2-8H3,(H,40,42)/t27-,28+,29?,30?,31-,32?,35-,36+,37+,38?/m0/s1. The van der Waals surface area contributed by atoms with Crippen molar-refractivity contribution in [2.75, 3.05) is 0 Å². The lowest BCUT2D eigenvalue weighted by molar-refractivity contribution is -0.248. The third-order valence-corrected chi connectivity index (χ3v) is 14.9. The Kier molecular flexibility index (Phi) is 7.49. The molecule has 0 aromatic carbocycles. The molecule has 236 valence electrons. The summed E-state index contributed by atoms with van der Waals surface area (Å²) in [7, 11) is 0. The van der Waals surface area contributed by atoms with E-state index in [1.807, 2.05) is 18.2 Å². The largest absolute Gasteiger partial charge is 0.462 e. The lowest BCUT2D eigenvalue weighted by Gasteiger charge is -2.72.